The molecule has 0 radical (unpaired) electrons. The lowest BCUT2D eigenvalue weighted by molar-refractivity contribution is -0.122. The second kappa shape index (κ2) is 12.0. The third-order valence-corrected chi connectivity index (χ3v) is 4.52. The molecule has 28 heavy (non-hydrogen) atoms. The van der Waals surface area contributed by atoms with Crippen LogP contribution in [-0.4, -0.2) is 40.5 Å². The molecule has 0 spiro atoms. The van der Waals surface area contributed by atoms with Gasteiger partial charge in [0.05, 0.1) is 10.7 Å². The molecular formula is C17H22F3N5S3. The number of alkyl halides is 3. The standard InChI is InChI=1S/C17H22F3N5S3/c1-4-5-14(26)23-22-11(2)15(12-6-8-13(28-3)9-7-12)24-25-16(27)21-10-17(18,19)20/h6-9H,4-5,10H2,1-3H3,(H,23,26)(H2,21,25,27). The highest BCUT2D eigenvalue weighted by Crippen LogP contribution is 2.16. The minimum absolute atomic E-state index is 0.238. The van der Waals surface area contributed by atoms with Gasteiger partial charge in [-0.05, 0) is 50.4 Å². The number of hydrogen-bond acceptors (Lipinski definition) is 5. The van der Waals surface area contributed by atoms with Crippen molar-refractivity contribution in [3.8, 4) is 0 Å². The van der Waals surface area contributed by atoms with Crippen molar-refractivity contribution in [2.45, 2.75) is 37.8 Å². The third-order valence-electron chi connectivity index (χ3n) is 3.25. The fourth-order valence-electron chi connectivity index (χ4n) is 1.91. The second-order valence-electron chi connectivity index (χ2n) is 5.58. The number of thiocarbonyl (C=S) groups is 2. The summed E-state index contributed by atoms with van der Waals surface area (Å²) in [5.74, 6) is 0. The monoisotopic (exact) mass is 449 g/mol. The highest BCUT2D eigenvalue weighted by atomic mass is 32.2. The maximum atomic E-state index is 12.3. The molecule has 0 amide bonds. The summed E-state index contributed by atoms with van der Waals surface area (Å²) in [4.78, 5) is 1.66. The number of rotatable bonds is 8. The van der Waals surface area contributed by atoms with Crippen LogP contribution in [0.15, 0.2) is 39.4 Å². The van der Waals surface area contributed by atoms with Crippen molar-refractivity contribution in [1.82, 2.24) is 16.2 Å². The molecule has 0 unspecified atom stereocenters. The predicted octanol–water partition coefficient (Wildman–Crippen LogP) is 4.23. The topological polar surface area (TPSA) is 60.8 Å². The van der Waals surface area contributed by atoms with Crippen molar-refractivity contribution in [2.75, 3.05) is 12.8 Å². The summed E-state index contributed by atoms with van der Waals surface area (Å²) in [6, 6.07) is 7.53. The summed E-state index contributed by atoms with van der Waals surface area (Å²) in [5, 5.41) is 10.2. The number of benzene rings is 1. The summed E-state index contributed by atoms with van der Waals surface area (Å²) >= 11 is 11.6. The Labute approximate surface area is 177 Å². The smallest absolute Gasteiger partial charge is 0.352 e. The maximum Gasteiger partial charge on any atom is 0.405 e. The van der Waals surface area contributed by atoms with Crippen LogP contribution < -0.4 is 16.2 Å². The minimum Gasteiger partial charge on any atom is -0.352 e. The van der Waals surface area contributed by atoms with E-state index >= 15 is 0 Å². The van der Waals surface area contributed by atoms with Crippen molar-refractivity contribution in [1.29, 1.82) is 0 Å². The Kier molecular flexibility index (Phi) is 10.4. The Morgan fingerprint density at radius 1 is 1.11 bits per heavy atom. The molecule has 0 fully saturated rings. The summed E-state index contributed by atoms with van der Waals surface area (Å²) in [5.41, 5.74) is 6.89. The average molecular weight is 450 g/mol. The zero-order valence-electron chi connectivity index (χ0n) is 15.7. The maximum absolute atomic E-state index is 12.3. The summed E-state index contributed by atoms with van der Waals surface area (Å²) in [6.45, 7) is 2.48. The highest BCUT2D eigenvalue weighted by molar-refractivity contribution is 7.98. The zero-order valence-corrected chi connectivity index (χ0v) is 18.1. The molecule has 0 aliphatic carbocycles. The van der Waals surface area contributed by atoms with Crippen LogP contribution >= 0.6 is 36.2 Å². The fourth-order valence-corrected chi connectivity index (χ4v) is 2.69. The Balaban J connectivity index is 3.00. The quantitative estimate of drug-likeness (QED) is 0.239. The van der Waals surface area contributed by atoms with Crippen LogP contribution in [0.25, 0.3) is 0 Å². The summed E-state index contributed by atoms with van der Waals surface area (Å²) in [7, 11) is 0. The van der Waals surface area contributed by atoms with E-state index < -0.39 is 12.7 Å². The van der Waals surface area contributed by atoms with E-state index in [1.54, 1.807) is 18.7 Å². The first-order valence-corrected chi connectivity index (χ1v) is 10.4. The minimum atomic E-state index is -4.37. The molecule has 5 nitrogen and oxygen atoms in total. The van der Waals surface area contributed by atoms with E-state index in [1.165, 1.54) is 0 Å². The van der Waals surface area contributed by atoms with Gasteiger partial charge in [0.2, 0.25) is 0 Å². The van der Waals surface area contributed by atoms with Gasteiger partial charge in [-0.1, -0.05) is 31.3 Å². The largest absolute Gasteiger partial charge is 0.405 e. The molecule has 0 saturated carbocycles. The molecule has 1 rings (SSSR count). The van der Waals surface area contributed by atoms with Crippen LogP contribution in [-0.2, 0) is 0 Å². The molecule has 0 bridgehead atoms. The number of nitrogens with zero attached hydrogens (tertiary/aromatic N) is 2. The van der Waals surface area contributed by atoms with Gasteiger partial charge >= 0.3 is 6.18 Å². The lowest BCUT2D eigenvalue weighted by Gasteiger charge is -2.12. The van der Waals surface area contributed by atoms with Gasteiger partial charge in [0.25, 0.3) is 0 Å². The number of halogens is 3. The van der Waals surface area contributed by atoms with Gasteiger partial charge in [-0.15, -0.1) is 11.8 Å². The lowest BCUT2D eigenvalue weighted by Crippen LogP contribution is -2.39. The van der Waals surface area contributed by atoms with Crippen molar-refractivity contribution >= 4 is 57.7 Å². The molecule has 0 saturated heterocycles. The van der Waals surface area contributed by atoms with Crippen LogP contribution in [0.2, 0.25) is 0 Å². The van der Waals surface area contributed by atoms with Crippen LogP contribution in [0, 0.1) is 0 Å². The van der Waals surface area contributed by atoms with Crippen molar-refractivity contribution in [2.24, 2.45) is 10.2 Å². The Morgan fingerprint density at radius 3 is 2.29 bits per heavy atom. The van der Waals surface area contributed by atoms with Crippen molar-refractivity contribution < 1.29 is 13.2 Å². The first-order chi connectivity index (χ1) is 13.2. The van der Waals surface area contributed by atoms with E-state index in [4.69, 9.17) is 24.4 Å². The molecule has 11 heteroatoms. The first-order valence-electron chi connectivity index (χ1n) is 8.32. The molecule has 0 atom stereocenters. The number of hydrazone groups is 2. The number of nitrogens with one attached hydrogen (secondary N) is 3. The fraction of sp³-hybridized carbons (Fsp3) is 0.412. The third kappa shape index (κ3) is 9.47. The van der Waals surface area contributed by atoms with E-state index in [2.05, 4.69) is 26.4 Å². The van der Waals surface area contributed by atoms with Gasteiger partial charge in [-0.25, -0.2) is 0 Å². The van der Waals surface area contributed by atoms with E-state index in [0.29, 0.717) is 22.8 Å². The number of hydrogen-bond donors (Lipinski definition) is 3. The summed E-state index contributed by atoms with van der Waals surface area (Å²) in [6.07, 6.45) is -0.827. The SMILES string of the molecule is CCCC(=S)NN=C(C)C(=NNC(=S)NCC(F)(F)F)c1ccc(SC)cc1. The Bertz CT molecular complexity index is 731. The second-order valence-corrected chi connectivity index (χ2v) is 7.36. The molecule has 0 aromatic heterocycles. The van der Waals surface area contributed by atoms with Crippen molar-refractivity contribution in [3.63, 3.8) is 0 Å². The summed E-state index contributed by atoms with van der Waals surface area (Å²) < 4.78 is 36.9. The highest BCUT2D eigenvalue weighted by Gasteiger charge is 2.27. The van der Waals surface area contributed by atoms with E-state index in [1.807, 2.05) is 37.4 Å². The lowest BCUT2D eigenvalue weighted by atomic mass is 10.1. The Hall–Kier alpha value is -1.72. The molecule has 1 aromatic carbocycles. The van der Waals surface area contributed by atoms with Gasteiger partial charge in [-0.3, -0.25) is 10.9 Å². The predicted molar refractivity (Wildman–Crippen MR) is 118 cm³/mol. The van der Waals surface area contributed by atoms with Crippen molar-refractivity contribution in [3.05, 3.63) is 29.8 Å². The van der Waals surface area contributed by atoms with Gasteiger partial charge in [-0.2, -0.15) is 23.4 Å². The Morgan fingerprint density at radius 2 is 1.75 bits per heavy atom. The number of thioether (sulfide) groups is 1. The molecular weight excluding hydrogens is 427 g/mol. The van der Waals surface area contributed by atoms with Gasteiger partial charge in [0.1, 0.15) is 12.3 Å². The molecule has 0 heterocycles. The van der Waals surface area contributed by atoms with Crippen LogP contribution in [0.1, 0.15) is 32.3 Å². The molecule has 0 aliphatic heterocycles. The van der Waals surface area contributed by atoms with E-state index in [0.717, 1.165) is 16.9 Å². The average Bonchev–Trinajstić information content (AvgIpc) is 2.65. The van der Waals surface area contributed by atoms with E-state index in [9.17, 15) is 13.2 Å². The molecule has 0 aliphatic rings. The van der Waals surface area contributed by atoms with Gasteiger partial charge in [0, 0.05) is 10.5 Å². The van der Waals surface area contributed by atoms with E-state index in [-0.39, 0.29) is 5.11 Å². The normalized spacial score (nSPS) is 12.5. The molecule has 3 N–H and O–H groups in total. The molecule has 154 valence electrons. The van der Waals surface area contributed by atoms with Crippen LogP contribution in [0.5, 0.6) is 0 Å². The zero-order chi connectivity index (χ0) is 21.2. The molecule has 1 aromatic rings. The first kappa shape index (κ1) is 24.3. The van der Waals surface area contributed by atoms with Crippen LogP contribution in [0.4, 0.5) is 13.2 Å². The van der Waals surface area contributed by atoms with Gasteiger partial charge < -0.3 is 5.32 Å². The van der Waals surface area contributed by atoms with Gasteiger partial charge in [0.15, 0.2) is 5.11 Å². The van der Waals surface area contributed by atoms with Crippen LogP contribution in [0.3, 0.4) is 0 Å².